The molecule has 2 aromatic carbocycles. The third kappa shape index (κ3) is 2.05. The summed E-state index contributed by atoms with van der Waals surface area (Å²) in [6, 6.07) is 3.85. The largest absolute Gasteiger partial charge is 0.508 e. The molecule has 0 aliphatic carbocycles. The van der Waals surface area contributed by atoms with Crippen LogP contribution in [0.3, 0.4) is 0 Å². The molecule has 2 aromatic rings. The van der Waals surface area contributed by atoms with E-state index in [1.807, 2.05) is 53.7 Å². The minimum absolute atomic E-state index is 0.341. The molecule has 0 saturated heterocycles. The van der Waals surface area contributed by atoms with Gasteiger partial charge in [-0.25, -0.2) is 0 Å². The Labute approximate surface area is 120 Å². The van der Waals surface area contributed by atoms with E-state index in [0.717, 1.165) is 44.5 Å². The second-order valence-corrected chi connectivity index (χ2v) is 5.68. The third-order valence-electron chi connectivity index (χ3n) is 4.39. The summed E-state index contributed by atoms with van der Waals surface area (Å²) in [6.45, 7) is 11.9. The van der Waals surface area contributed by atoms with Gasteiger partial charge in [0, 0.05) is 0 Å². The standard InChI is InChI=1S/C18H22O2/c1-9-8-16(19)12(4)13(5)17(9)15-7-10(2)18(20)14(6)11(15)3/h7-8,19-20H,1-6H3. The molecular formula is C18H22O2. The predicted molar refractivity (Wildman–Crippen MR) is 83.6 cm³/mol. The van der Waals surface area contributed by atoms with Gasteiger partial charge in [-0.3, -0.25) is 0 Å². The van der Waals surface area contributed by atoms with Crippen LogP contribution in [0, 0.1) is 41.5 Å². The summed E-state index contributed by atoms with van der Waals surface area (Å²) >= 11 is 0. The SMILES string of the molecule is Cc1cc(-c2c(C)cc(O)c(C)c2C)c(C)c(C)c1O. The Hall–Kier alpha value is -1.96. The number of hydrogen-bond donors (Lipinski definition) is 2. The van der Waals surface area contributed by atoms with Crippen LogP contribution in [0.15, 0.2) is 12.1 Å². The zero-order valence-corrected chi connectivity index (χ0v) is 13.0. The van der Waals surface area contributed by atoms with E-state index in [4.69, 9.17) is 0 Å². The Morgan fingerprint density at radius 2 is 1.25 bits per heavy atom. The molecule has 20 heavy (non-hydrogen) atoms. The van der Waals surface area contributed by atoms with Crippen molar-refractivity contribution in [2.45, 2.75) is 41.5 Å². The van der Waals surface area contributed by atoms with Crippen LogP contribution >= 0.6 is 0 Å². The predicted octanol–water partition coefficient (Wildman–Crippen LogP) is 4.62. The molecule has 0 unspecified atom stereocenters. The smallest absolute Gasteiger partial charge is 0.121 e. The second-order valence-electron chi connectivity index (χ2n) is 5.68. The third-order valence-corrected chi connectivity index (χ3v) is 4.39. The Kier molecular flexibility index (Phi) is 3.51. The fourth-order valence-corrected chi connectivity index (χ4v) is 2.80. The van der Waals surface area contributed by atoms with Crippen molar-refractivity contribution in [3.05, 3.63) is 45.5 Å². The number of phenols is 2. The molecule has 0 amide bonds. The van der Waals surface area contributed by atoms with E-state index in [0.29, 0.717) is 11.5 Å². The van der Waals surface area contributed by atoms with Crippen molar-refractivity contribution >= 4 is 0 Å². The van der Waals surface area contributed by atoms with Gasteiger partial charge in [0.25, 0.3) is 0 Å². The molecule has 0 atom stereocenters. The number of aryl methyl sites for hydroxylation is 2. The van der Waals surface area contributed by atoms with E-state index >= 15 is 0 Å². The number of rotatable bonds is 1. The lowest BCUT2D eigenvalue weighted by Gasteiger charge is -2.19. The summed E-state index contributed by atoms with van der Waals surface area (Å²) in [6.07, 6.45) is 0. The second kappa shape index (κ2) is 4.86. The first-order valence-electron chi connectivity index (χ1n) is 6.85. The van der Waals surface area contributed by atoms with Gasteiger partial charge >= 0.3 is 0 Å². The van der Waals surface area contributed by atoms with Gasteiger partial charge in [-0.15, -0.1) is 0 Å². The lowest BCUT2D eigenvalue weighted by Crippen LogP contribution is -1.97. The van der Waals surface area contributed by atoms with Gasteiger partial charge in [0.2, 0.25) is 0 Å². The molecule has 0 spiro atoms. The van der Waals surface area contributed by atoms with E-state index in [1.165, 1.54) is 0 Å². The molecular weight excluding hydrogens is 248 g/mol. The Morgan fingerprint density at radius 3 is 1.85 bits per heavy atom. The highest BCUT2D eigenvalue weighted by Crippen LogP contribution is 2.39. The van der Waals surface area contributed by atoms with E-state index in [9.17, 15) is 10.2 Å². The first-order chi connectivity index (χ1) is 9.25. The van der Waals surface area contributed by atoms with Crippen molar-refractivity contribution in [3.63, 3.8) is 0 Å². The molecule has 0 saturated carbocycles. The van der Waals surface area contributed by atoms with Gasteiger partial charge in [-0.2, -0.15) is 0 Å². The number of aromatic hydroxyl groups is 2. The highest BCUT2D eigenvalue weighted by atomic mass is 16.3. The van der Waals surface area contributed by atoms with Crippen molar-refractivity contribution in [1.82, 2.24) is 0 Å². The molecule has 0 aromatic heterocycles. The first-order valence-corrected chi connectivity index (χ1v) is 6.85. The van der Waals surface area contributed by atoms with E-state index < -0.39 is 0 Å². The van der Waals surface area contributed by atoms with Crippen LogP contribution in [-0.4, -0.2) is 10.2 Å². The Bertz CT molecular complexity index is 698. The lowest BCUT2D eigenvalue weighted by molar-refractivity contribution is 0.466. The number of benzene rings is 2. The first kappa shape index (κ1) is 14.4. The van der Waals surface area contributed by atoms with Gasteiger partial charge in [0.05, 0.1) is 0 Å². The maximum atomic E-state index is 10.1. The van der Waals surface area contributed by atoms with Gasteiger partial charge in [-0.1, -0.05) is 0 Å². The summed E-state index contributed by atoms with van der Waals surface area (Å²) in [5.41, 5.74) is 8.24. The van der Waals surface area contributed by atoms with Crippen molar-refractivity contribution in [2.75, 3.05) is 0 Å². The van der Waals surface area contributed by atoms with Crippen LogP contribution in [0.5, 0.6) is 11.5 Å². The van der Waals surface area contributed by atoms with E-state index in [2.05, 4.69) is 0 Å². The van der Waals surface area contributed by atoms with Crippen LogP contribution in [-0.2, 0) is 0 Å². The molecule has 2 heteroatoms. The quantitative estimate of drug-likeness (QED) is 0.794. The molecule has 0 fully saturated rings. The molecule has 0 aliphatic rings. The summed E-state index contributed by atoms with van der Waals surface area (Å²) in [5.74, 6) is 0.714. The molecule has 0 radical (unpaired) electrons. The van der Waals surface area contributed by atoms with Crippen molar-refractivity contribution in [1.29, 1.82) is 0 Å². The fraction of sp³-hybridized carbons (Fsp3) is 0.333. The highest BCUT2D eigenvalue weighted by Gasteiger charge is 2.16. The zero-order chi connectivity index (χ0) is 15.2. The highest BCUT2D eigenvalue weighted by molar-refractivity contribution is 5.78. The van der Waals surface area contributed by atoms with E-state index in [-0.39, 0.29) is 0 Å². The fourth-order valence-electron chi connectivity index (χ4n) is 2.80. The average molecular weight is 270 g/mol. The molecule has 0 bridgehead atoms. The molecule has 2 N–H and O–H groups in total. The molecule has 0 heterocycles. The monoisotopic (exact) mass is 270 g/mol. The van der Waals surface area contributed by atoms with E-state index in [1.54, 1.807) is 0 Å². The van der Waals surface area contributed by atoms with Crippen molar-refractivity contribution < 1.29 is 10.2 Å². The summed E-state index contributed by atoms with van der Waals surface area (Å²) in [4.78, 5) is 0. The van der Waals surface area contributed by atoms with Gasteiger partial charge < -0.3 is 10.2 Å². The summed E-state index contributed by atoms with van der Waals surface area (Å²) in [5, 5.41) is 20.0. The average Bonchev–Trinajstić information content (AvgIpc) is 2.39. The van der Waals surface area contributed by atoms with Gasteiger partial charge in [0.15, 0.2) is 0 Å². The van der Waals surface area contributed by atoms with Crippen LogP contribution in [0.25, 0.3) is 11.1 Å². The minimum Gasteiger partial charge on any atom is -0.508 e. The molecule has 0 aliphatic heterocycles. The zero-order valence-electron chi connectivity index (χ0n) is 13.0. The van der Waals surface area contributed by atoms with Gasteiger partial charge in [0.1, 0.15) is 11.5 Å². The Morgan fingerprint density at radius 1 is 0.650 bits per heavy atom. The Balaban J connectivity index is 2.86. The summed E-state index contributed by atoms with van der Waals surface area (Å²) in [7, 11) is 0. The maximum absolute atomic E-state index is 10.1. The minimum atomic E-state index is 0.341. The van der Waals surface area contributed by atoms with Crippen LogP contribution in [0.4, 0.5) is 0 Å². The molecule has 106 valence electrons. The van der Waals surface area contributed by atoms with Crippen molar-refractivity contribution in [3.8, 4) is 22.6 Å². The normalized spacial score (nSPS) is 10.9. The topological polar surface area (TPSA) is 40.5 Å². The number of phenolic OH excluding ortho intramolecular Hbond substituents is 2. The maximum Gasteiger partial charge on any atom is 0.121 e. The van der Waals surface area contributed by atoms with Crippen molar-refractivity contribution in [2.24, 2.45) is 0 Å². The molecule has 2 nitrogen and oxygen atoms in total. The van der Waals surface area contributed by atoms with Crippen LogP contribution in [0.1, 0.15) is 33.4 Å². The van der Waals surface area contributed by atoms with Crippen LogP contribution < -0.4 is 0 Å². The number of hydrogen-bond acceptors (Lipinski definition) is 2. The summed E-state index contributed by atoms with van der Waals surface area (Å²) < 4.78 is 0. The van der Waals surface area contributed by atoms with Crippen LogP contribution in [0.2, 0.25) is 0 Å². The van der Waals surface area contributed by atoms with Gasteiger partial charge in [-0.05, 0) is 98.2 Å². The molecule has 2 rings (SSSR count). The lowest BCUT2D eigenvalue weighted by atomic mass is 9.87.